The van der Waals surface area contributed by atoms with E-state index in [9.17, 15) is 4.39 Å². The Balaban J connectivity index is 1.66. The summed E-state index contributed by atoms with van der Waals surface area (Å²) in [5.74, 6) is 1.28. The molecule has 21 heavy (non-hydrogen) atoms. The average Bonchev–Trinajstić information content (AvgIpc) is 3.15. The van der Waals surface area contributed by atoms with E-state index in [0.29, 0.717) is 34.1 Å². The summed E-state index contributed by atoms with van der Waals surface area (Å²) in [5.41, 5.74) is 6.03. The Hall–Kier alpha value is -2.26. The van der Waals surface area contributed by atoms with Crippen LogP contribution in [0, 0.1) is 5.82 Å². The van der Waals surface area contributed by atoms with E-state index in [1.54, 1.807) is 12.1 Å². The van der Waals surface area contributed by atoms with Crippen LogP contribution < -0.4 is 5.73 Å². The van der Waals surface area contributed by atoms with Gasteiger partial charge in [0.15, 0.2) is 5.82 Å². The monoisotopic (exact) mass is 307 g/mol. The van der Waals surface area contributed by atoms with Crippen molar-refractivity contribution in [2.24, 2.45) is 5.73 Å². The molecule has 2 aromatic heterocycles. The number of thioether (sulfide) groups is 1. The molecule has 7 nitrogen and oxygen atoms in total. The van der Waals surface area contributed by atoms with E-state index in [2.05, 4.69) is 20.3 Å². The second-order valence-corrected chi connectivity index (χ2v) is 4.90. The highest BCUT2D eigenvalue weighted by Gasteiger charge is 2.11. The fraction of sp³-hybridized carbons (Fsp3) is 0.167. The van der Waals surface area contributed by atoms with E-state index in [1.165, 1.54) is 23.9 Å². The maximum Gasteiger partial charge on any atom is 0.277 e. The lowest BCUT2D eigenvalue weighted by Crippen LogP contribution is -1.95. The predicted octanol–water partition coefficient (Wildman–Crippen LogP) is 2.01. The number of aromatic nitrogens is 4. The summed E-state index contributed by atoms with van der Waals surface area (Å²) >= 11 is 1.28. The number of nitrogens with zero attached hydrogens (tertiary/aromatic N) is 4. The van der Waals surface area contributed by atoms with Gasteiger partial charge in [-0.1, -0.05) is 16.9 Å². The van der Waals surface area contributed by atoms with Gasteiger partial charge in [-0.25, -0.2) is 4.39 Å². The minimum Gasteiger partial charge on any atom is -0.415 e. The molecule has 3 rings (SSSR count). The molecular weight excluding hydrogens is 297 g/mol. The molecule has 0 atom stereocenters. The summed E-state index contributed by atoms with van der Waals surface area (Å²) in [6, 6.07) is 5.82. The molecule has 0 radical (unpaired) electrons. The van der Waals surface area contributed by atoms with Gasteiger partial charge in [0.2, 0.25) is 5.89 Å². The van der Waals surface area contributed by atoms with E-state index in [1.807, 2.05) is 0 Å². The van der Waals surface area contributed by atoms with Gasteiger partial charge >= 0.3 is 0 Å². The van der Waals surface area contributed by atoms with Crippen LogP contribution in [-0.2, 0) is 12.3 Å². The Labute approximate surface area is 122 Å². The Kier molecular flexibility index (Phi) is 3.93. The minimum atomic E-state index is -0.318. The van der Waals surface area contributed by atoms with Crippen LogP contribution in [-0.4, -0.2) is 20.3 Å². The van der Waals surface area contributed by atoms with E-state index in [-0.39, 0.29) is 12.4 Å². The molecular formula is C12H10FN5O2S. The second kappa shape index (κ2) is 6.02. The Morgan fingerprint density at radius 2 is 2.00 bits per heavy atom. The normalized spacial score (nSPS) is 11.0. The fourth-order valence-electron chi connectivity index (χ4n) is 1.53. The highest BCUT2D eigenvalue weighted by atomic mass is 32.2. The molecule has 0 amide bonds. The van der Waals surface area contributed by atoms with Gasteiger partial charge in [-0.15, -0.1) is 10.2 Å². The van der Waals surface area contributed by atoms with Crippen molar-refractivity contribution in [3.63, 3.8) is 0 Å². The predicted molar refractivity (Wildman–Crippen MR) is 71.4 cm³/mol. The molecule has 2 heterocycles. The van der Waals surface area contributed by atoms with E-state index < -0.39 is 0 Å². The Morgan fingerprint density at radius 1 is 1.19 bits per heavy atom. The summed E-state index contributed by atoms with van der Waals surface area (Å²) in [5, 5.41) is 11.8. The molecule has 0 fully saturated rings. The molecule has 3 aromatic rings. The van der Waals surface area contributed by atoms with Gasteiger partial charge in [-0.3, -0.25) is 0 Å². The zero-order chi connectivity index (χ0) is 14.7. The summed E-state index contributed by atoms with van der Waals surface area (Å²) in [7, 11) is 0. The van der Waals surface area contributed by atoms with Crippen LogP contribution >= 0.6 is 11.8 Å². The van der Waals surface area contributed by atoms with Gasteiger partial charge in [0.1, 0.15) is 5.82 Å². The molecule has 1 aromatic carbocycles. The van der Waals surface area contributed by atoms with Gasteiger partial charge in [0.05, 0.1) is 12.3 Å². The lowest BCUT2D eigenvalue weighted by molar-refractivity contribution is 0.414. The number of nitrogens with two attached hydrogens (primary N) is 1. The molecule has 0 bridgehead atoms. The zero-order valence-electron chi connectivity index (χ0n) is 10.7. The van der Waals surface area contributed by atoms with Crippen molar-refractivity contribution in [1.82, 2.24) is 20.3 Å². The van der Waals surface area contributed by atoms with Gasteiger partial charge in [0.25, 0.3) is 11.1 Å². The number of benzene rings is 1. The third-order valence-electron chi connectivity index (χ3n) is 2.51. The van der Waals surface area contributed by atoms with E-state index in [0.717, 1.165) is 0 Å². The smallest absolute Gasteiger partial charge is 0.277 e. The molecule has 0 saturated heterocycles. The highest BCUT2D eigenvalue weighted by molar-refractivity contribution is 7.98. The number of rotatable bonds is 5. The van der Waals surface area contributed by atoms with Crippen molar-refractivity contribution in [2.45, 2.75) is 17.5 Å². The third-order valence-corrected chi connectivity index (χ3v) is 3.32. The van der Waals surface area contributed by atoms with Crippen molar-refractivity contribution < 1.29 is 13.3 Å². The van der Waals surface area contributed by atoms with Crippen molar-refractivity contribution in [3.8, 4) is 11.5 Å². The van der Waals surface area contributed by atoms with Crippen LogP contribution in [0.1, 0.15) is 11.7 Å². The third kappa shape index (κ3) is 3.26. The molecule has 2 N–H and O–H groups in total. The van der Waals surface area contributed by atoms with E-state index in [4.69, 9.17) is 14.7 Å². The summed E-state index contributed by atoms with van der Waals surface area (Å²) in [4.78, 5) is 4.22. The quantitative estimate of drug-likeness (QED) is 0.714. The van der Waals surface area contributed by atoms with Gasteiger partial charge in [0, 0.05) is 5.56 Å². The summed E-state index contributed by atoms with van der Waals surface area (Å²) in [6.45, 7) is 0.199. The van der Waals surface area contributed by atoms with Crippen LogP contribution in [0.2, 0.25) is 0 Å². The summed E-state index contributed by atoms with van der Waals surface area (Å²) in [6.07, 6.45) is 0. The molecule has 9 heteroatoms. The van der Waals surface area contributed by atoms with Crippen LogP contribution in [0.3, 0.4) is 0 Å². The van der Waals surface area contributed by atoms with Crippen LogP contribution in [0.25, 0.3) is 11.5 Å². The van der Waals surface area contributed by atoms with Crippen molar-refractivity contribution in [1.29, 1.82) is 0 Å². The molecule has 0 aliphatic rings. The molecule has 0 spiro atoms. The first-order chi connectivity index (χ1) is 10.2. The SMILES string of the molecule is NCc1nnc(SCc2noc(-c3ccc(F)cc3)n2)o1. The minimum absolute atomic E-state index is 0.199. The van der Waals surface area contributed by atoms with Crippen LogP contribution in [0.15, 0.2) is 38.4 Å². The zero-order valence-corrected chi connectivity index (χ0v) is 11.5. The number of halogens is 1. The first-order valence-corrected chi connectivity index (χ1v) is 6.97. The lowest BCUT2D eigenvalue weighted by Gasteiger charge is -1.92. The molecule has 0 aliphatic carbocycles. The maximum absolute atomic E-state index is 12.8. The standard InChI is InChI=1S/C12H10FN5O2S/c13-8-3-1-7(2-4-8)11-15-9(18-20-11)6-21-12-17-16-10(5-14)19-12/h1-4H,5-6,14H2. The van der Waals surface area contributed by atoms with Crippen LogP contribution in [0.4, 0.5) is 4.39 Å². The van der Waals surface area contributed by atoms with Gasteiger partial charge < -0.3 is 14.7 Å². The maximum atomic E-state index is 12.8. The summed E-state index contributed by atoms with van der Waals surface area (Å²) < 4.78 is 23.2. The van der Waals surface area contributed by atoms with Crippen molar-refractivity contribution in [2.75, 3.05) is 0 Å². The second-order valence-electron chi connectivity index (χ2n) is 3.98. The topological polar surface area (TPSA) is 104 Å². The van der Waals surface area contributed by atoms with Crippen molar-refractivity contribution in [3.05, 3.63) is 41.8 Å². The lowest BCUT2D eigenvalue weighted by atomic mass is 10.2. The van der Waals surface area contributed by atoms with E-state index >= 15 is 0 Å². The molecule has 108 valence electrons. The number of hydrogen-bond donors (Lipinski definition) is 1. The van der Waals surface area contributed by atoms with Gasteiger partial charge in [-0.2, -0.15) is 4.98 Å². The van der Waals surface area contributed by atoms with Crippen LogP contribution in [0.5, 0.6) is 0 Å². The number of hydrogen-bond acceptors (Lipinski definition) is 8. The molecule has 0 saturated carbocycles. The molecule has 0 aliphatic heterocycles. The Bertz CT molecular complexity index is 727. The Morgan fingerprint density at radius 3 is 2.71 bits per heavy atom. The average molecular weight is 307 g/mol. The fourth-order valence-corrected chi connectivity index (χ4v) is 2.15. The first kappa shape index (κ1) is 13.7. The first-order valence-electron chi connectivity index (χ1n) is 5.98. The van der Waals surface area contributed by atoms with Gasteiger partial charge in [-0.05, 0) is 24.3 Å². The van der Waals surface area contributed by atoms with Crippen molar-refractivity contribution >= 4 is 11.8 Å². The highest BCUT2D eigenvalue weighted by Crippen LogP contribution is 2.22. The molecule has 0 unspecified atom stereocenters. The largest absolute Gasteiger partial charge is 0.415 e.